The lowest BCUT2D eigenvalue weighted by Gasteiger charge is -2.33. The predicted molar refractivity (Wildman–Crippen MR) is 128 cm³/mol. The number of pyridine rings is 1. The van der Waals surface area contributed by atoms with Crippen LogP contribution in [0.2, 0.25) is 0 Å². The molecule has 0 bridgehead atoms. The number of amides is 1. The molecular formula is C25H32N4OS. The van der Waals surface area contributed by atoms with Crippen LogP contribution < -0.4 is 5.32 Å². The molecule has 0 aliphatic carbocycles. The van der Waals surface area contributed by atoms with Gasteiger partial charge in [0, 0.05) is 42.7 Å². The molecule has 6 heteroatoms. The van der Waals surface area contributed by atoms with Crippen LogP contribution in [-0.2, 0) is 17.1 Å². The van der Waals surface area contributed by atoms with Crippen molar-refractivity contribution in [3.8, 4) is 0 Å². The van der Waals surface area contributed by atoms with Crippen molar-refractivity contribution in [2.45, 2.75) is 56.5 Å². The molecule has 1 fully saturated rings. The number of rotatable bonds is 8. The molecule has 0 saturated carbocycles. The zero-order valence-corrected chi connectivity index (χ0v) is 19.3. The van der Waals surface area contributed by atoms with Gasteiger partial charge in [0.1, 0.15) is 11.6 Å². The molecule has 2 aromatic heterocycles. The van der Waals surface area contributed by atoms with E-state index >= 15 is 0 Å². The third-order valence-electron chi connectivity index (χ3n) is 6.13. The molecule has 31 heavy (non-hydrogen) atoms. The Morgan fingerprint density at radius 2 is 2.03 bits per heavy atom. The molecule has 164 valence electrons. The van der Waals surface area contributed by atoms with Crippen molar-refractivity contribution >= 4 is 28.6 Å². The quantitative estimate of drug-likeness (QED) is 0.523. The molecule has 0 radical (unpaired) electrons. The van der Waals surface area contributed by atoms with E-state index in [-0.39, 0.29) is 5.91 Å². The molecule has 0 spiro atoms. The summed E-state index contributed by atoms with van der Waals surface area (Å²) in [6.07, 6.45) is 7.69. The van der Waals surface area contributed by atoms with Gasteiger partial charge in [-0.3, -0.25) is 9.69 Å². The second-order valence-electron chi connectivity index (χ2n) is 8.50. The van der Waals surface area contributed by atoms with Gasteiger partial charge in [0.2, 0.25) is 5.91 Å². The maximum atomic E-state index is 12.5. The minimum absolute atomic E-state index is 0.0628. The Kier molecular flexibility index (Phi) is 7.30. The summed E-state index contributed by atoms with van der Waals surface area (Å²) in [4.78, 5) is 19.6. The molecule has 4 rings (SSSR count). The van der Waals surface area contributed by atoms with Crippen LogP contribution in [0.5, 0.6) is 0 Å². The number of thioether (sulfide) groups is 1. The summed E-state index contributed by atoms with van der Waals surface area (Å²) < 4.78 is 2.02. The Hall–Kier alpha value is -2.31. The first-order valence-electron chi connectivity index (χ1n) is 11.2. The Morgan fingerprint density at radius 3 is 2.84 bits per heavy atom. The number of aromatic nitrogens is 2. The lowest BCUT2D eigenvalue weighted by Crippen LogP contribution is -2.42. The van der Waals surface area contributed by atoms with Crippen LogP contribution in [0.4, 0.5) is 0 Å². The Morgan fingerprint density at radius 1 is 1.19 bits per heavy atom. The van der Waals surface area contributed by atoms with E-state index in [2.05, 4.69) is 59.4 Å². The van der Waals surface area contributed by atoms with Crippen molar-refractivity contribution in [3.05, 3.63) is 59.9 Å². The molecule has 1 aliphatic heterocycles. The van der Waals surface area contributed by atoms with Gasteiger partial charge in [-0.25, -0.2) is 4.98 Å². The highest BCUT2D eigenvalue weighted by molar-refractivity contribution is 7.98. The van der Waals surface area contributed by atoms with E-state index in [9.17, 15) is 4.79 Å². The molecule has 3 heterocycles. The molecule has 1 atom stereocenters. The second kappa shape index (κ2) is 10.3. The van der Waals surface area contributed by atoms with Crippen LogP contribution in [-0.4, -0.2) is 46.0 Å². The van der Waals surface area contributed by atoms with Gasteiger partial charge in [-0.1, -0.05) is 36.2 Å². The number of piperidine rings is 1. The highest BCUT2D eigenvalue weighted by Crippen LogP contribution is 2.29. The van der Waals surface area contributed by atoms with Gasteiger partial charge >= 0.3 is 0 Å². The molecule has 5 nitrogen and oxygen atoms in total. The van der Waals surface area contributed by atoms with Crippen molar-refractivity contribution in [1.29, 1.82) is 0 Å². The predicted octanol–water partition coefficient (Wildman–Crippen LogP) is 4.63. The van der Waals surface area contributed by atoms with Gasteiger partial charge in [0.05, 0.1) is 5.52 Å². The summed E-state index contributed by atoms with van der Waals surface area (Å²) >= 11 is 1.74. The number of carbonyl (C=O) groups is 1. The number of benzene rings is 1. The van der Waals surface area contributed by atoms with Crippen LogP contribution in [0.3, 0.4) is 0 Å². The number of nitrogens with zero attached hydrogens (tertiary/aromatic N) is 3. The number of likely N-dealkylation sites (tertiary alicyclic amines) is 1. The van der Waals surface area contributed by atoms with E-state index in [0.29, 0.717) is 19.1 Å². The van der Waals surface area contributed by atoms with Gasteiger partial charge in [-0.15, -0.1) is 11.8 Å². The highest BCUT2D eigenvalue weighted by atomic mass is 32.2. The minimum Gasteiger partial charge on any atom is -0.353 e. The van der Waals surface area contributed by atoms with Gasteiger partial charge < -0.3 is 9.88 Å². The van der Waals surface area contributed by atoms with Gasteiger partial charge in [-0.05, 0) is 50.9 Å². The van der Waals surface area contributed by atoms with Crippen molar-refractivity contribution < 1.29 is 4.79 Å². The fourth-order valence-corrected chi connectivity index (χ4v) is 5.18. The van der Waals surface area contributed by atoms with Crippen molar-refractivity contribution in [3.63, 3.8) is 0 Å². The average Bonchev–Trinajstić information content (AvgIpc) is 3.18. The second-order valence-corrected chi connectivity index (χ2v) is 9.46. The molecule has 1 amide bonds. The van der Waals surface area contributed by atoms with Crippen LogP contribution in [0.1, 0.15) is 37.3 Å². The fraction of sp³-hybridized carbons (Fsp3) is 0.440. The maximum Gasteiger partial charge on any atom is 0.239 e. The topological polar surface area (TPSA) is 50.2 Å². The molecule has 1 N–H and O–H groups in total. The molecular weight excluding hydrogens is 404 g/mol. The van der Waals surface area contributed by atoms with E-state index < -0.39 is 0 Å². The van der Waals surface area contributed by atoms with Crippen molar-refractivity contribution in [2.75, 3.05) is 19.6 Å². The monoisotopic (exact) mass is 436 g/mol. The van der Waals surface area contributed by atoms with Gasteiger partial charge in [0.25, 0.3) is 0 Å². The lowest BCUT2D eigenvalue weighted by atomic mass is 10.0. The largest absolute Gasteiger partial charge is 0.353 e. The van der Waals surface area contributed by atoms with E-state index in [1.807, 2.05) is 23.0 Å². The number of aryl methyl sites for hydroxylation is 1. The van der Waals surface area contributed by atoms with Crippen molar-refractivity contribution in [2.24, 2.45) is 0 Å². The normalized spacial score (nSPS) is 17.2. The Bertz CT molecular complexity index is 1010. The molecule has 1 aliphatic rings. The van der Waals surface area contributed by atoms with Crippen LogP contribution in [0, 0.1) is 6.92 Å². The maximum absolute atomic E-state index is 12.5. The minimum atomic E-state index is 0.0628. The summed E-state index contributed by atoms with van der Waals surface area (Å²) in [7, 11) is 0. The summed E-state index contributed by atoms with van der Waals surface area (Å²) in [6, 6.07) is 13.3. The summed E-state index contributed by atoms with van der Waals surface area (Å²) in [5, 5.41) is 5.21. The number of carbonyl (C=O) groups excluding carboxylic acids is 1. The van der Waals surface area contributed by atoms with Crippen LogP contribution >= 0.6 is 11.8 Å². The molecule has 0 unspecified atom stereocenters. The Labute approximate surface area is 189 Å². The Balaban J connectivity index is 1.33. The number of nitrogens with one attached hydrogen (secondary N) is 1. The third-order valence-corrected chi connectivity index (χ3v) is 7.21. The first kappa shape index (κ1) is 21.9. The zero-order chi connectivity index (χ0) is 21.6. The van der Waals surface area contributed by atoms with Gasteiger partial charge in [0.15, 0.2) is 0 Å². The number of fused-ring (bicyclic) bond motifs is 1. The summed E-state index contributed by atoms with van der Waals surface area (Å²) in [5.41, 5.74) is 3.62. The lowest BCUT2D eigenvalue weighted by molar-refractivity contribution is -0.121. The van der Waals surface area contributed by atoms with E-state index in [1.165, 1.54) is 30.4 Å². The SMILES string of the molecule is Cc1ccc(CSc2nccc3c2ccn3CC(=O)NCCN2CCCC[C@H]2C)cc1. The fourth-order valence-electron chi connectivity index (χ4n) is 4.22. The first-order valence-corrected chi connectivity index (χ1v) is 12.2. The third kappa shape index (κ3) is 5.69. The summed E-state index contributed by atoms with van der Waals surface area (Å²) in [6.45, 7) is 7.52. The zero-order valence-electron chi connectivity index (χ0n) is 18.5. The highest BCUT2D eigenvalue weighted by Gasteiger charge is 2.17. The number of hydrogen-bond donors (Lipinski definition) is 1. The smallest absolute Gasteiger partial charge is 0.239 e. The van der Waals surface area contributed by atoms with E-state index in [4.69, 9.17) is 0 Å². The van der Waals surface area contributed by atoms with E-state index in [0.717, 1.165) is 34.8 Å². The van der Waals surface area contributed by atoms with E-state index in [1.54, 1.807) is 11.8 Å². The van der Waals surface area contributed by atoms with Crippen LogP contribution in [0.15, 0.2) is 53.8 Å². The molecule has 1 aromatic carbocycles. The number of hydrogen-bond acceptors (Lipinski definition) is 4. The molecule has 3 aromatic rings. The molecule has 1 saturated heterocycles. The van der Waals surface area contributed by atoms with Gasteiger partial charge in [-0.2, -0.15) is 0 Å². The average molecular weight is 437 g/mol. The standard InChI is InChI=1S/C25H32N4OS/c1-19-6-8-21(9-7-19)18-31-25-22-11-15-29(23(22)10-12-27-25)17-24(30)26-13-16-28-14-4-3-5-20(28)2/h6-12,15,20H,3-5,13-14,16-18H2,1-2H3,(H,26,30)/t20-/m1/s1. The van der Waals surface area contributed by atoms with Crippen LogP contribution in [0.25, 0.3) is 10.9 Å². The first-order chi connectivity index (χ1) is 15.1. The van der Waals surface area contributed by atoms with Crippen molar-refractivity contribution in [1.82, 2.24) is 19.8 Å². The summed E-state index contributed by atoms with van der Waals surface area (Å²) in [5.74, 6) is 0.945.